The molecule has 9 nitrogen and oxygen atoms in total. The first kappa shape index (κ1) is 23.8. The van der Waals surface area contributed by atoms with Crippen molar-refractivity contribution in [1.29, 1.82) is 0 Å². The minimum Gasteiger partial charge on any atom is -0.493 e. The Balaban J connectivity index is 1.43. The van der Waals surface area contributed by atoms with Crippen molar-refractivity contribution in [2.24, 2.45) is 23.9 Å². The number of benzene rings is 1. The molecule has 0 bridgehead atoms. The SMILES string of the molecule is Cc1ccnc([C@@H](NC(=O)c2cc(Cn3ccn(C)c3=NC(=O)O)cc(OCC3CC3)c2)C2CC2)c1. The van der Waals surface area contributed by atoms with Gasteiger partial charge in [0.2, 0.25) is 5.62 Å². The predicted molar refractivity (Wildman–Crippen MR) is 133 cm³/mol. The Kier molecular flexibility index (Phi) is 6.63. The van der Waals surface area contributed by atoms with E-state index in [9.17, 15) is 9.59 Å². The zero-order valence-electron chi connectivity index (χ0n) is 20.6. The summed E-state index contributed by atoms with van der Waals surface area (Å²) in [6.45, 7) is 3.00. The number of nitrogens with one attached hydrogen (secondary N) is 1. The van der Waals surface area contributed by atoms with E-state index in [-0.39, 0.29) is 11.9 Å². The summed E-state index contributed by atoms with van der Waals surface area (Å²) in [4.78, 5) is 32.9. The van der Waals surface area contributed by atoms with Gasteiger partial charge in [0, 0.05) is 31.2 Å². The first-order chi connectivity index (χ1) is 17.4. The van der Waals surface area contributed by atoms with E-state index in [4.69, 9.17) is 9.84 Å². The van der Waals surface area contributed by atoms with Gasteiger partial charge in [-0.2, -0.15) is 0 Å². The van der Waals surface area contributed by atoms with Crippen LogP contribution in [0.3, 0.4) is 0 Å². The summed E-state index contributed by atoms with van der Waals surface area (Å²) in [6.07, 6.45) is 8.51. The number of imidazole rings is 1. The highest BCUT2D eigenvalue weighted by molar-refractivity contribution is 5.95. The molecular formula is C27H31N5O4. The van der Waals surface area contributed by atoms with Crippen molar-refractivity contribution in [3.05, 3.63) is 76.9 Å². The third-order valence-corrected chi connectivity index (χ3v) is 6.64. The van der Waals surface area contributed by atoms with Gasteiger partial charge in [-0.15, -0.1) is 4.99 Å². The molecule has 0 radical (unpaired) electrons. The Labute approximate surface area is 209 Å². The van der Waals surface area contributed by atoms with Gasteiger partial charge in [-0.05, 0) is 85.9 Å². The maximum atomic E-state index is 13.5. The molecule has 2 aliphatic rings. The molecule has 0 spiro atoms. The van der Waals surface area contributed by atoms with Gasteiger partial charge in [0.1, 0.15) is 5.75 Å². The van der Waals surface area contributed by atoms with E-state index in [1.54, 1.807) is 40.8 Å². The Morgan fingerprint density at radius 3 is 2.69 bits per heavy atom. The quantitative estimate of drug-likeness (QED) is 0.475. The number of ether oxygens (including phenoxy) is 1. The molecule has 5 rings (SSSR count). The fourth-order valence-electron chi connectivity index (χ4n) is 4.35. The summed E-state index contributed by atoms with van der Waals surface area (Å²) in [7, 11) is 1.74. The highest BCUT2D eigenvalue weighted by atomic mass is 16.5. The van der Waals surface area contributed by atoms with Crippen LogP contribution in [0.25, 0.3) is 0 Å². The third kappa shape index (κ3) is 5.84. The third-order valence-electron chi connectivity index (χ3n) is 6.64. The zero-order valence-corrected chi connectivity index (χ0v) is 20.6. The largest absolute Gasteiger partial charge is 0.493 e. The lowest BCUT2D eigenvalue weighted by molar-refractivity contribution is 0.0930. The second kappa shape index (κ2) is 10.0. The summed E-state index contributed by atoms with van der Waals surface area (Å²) in [5.74, 6) is 1.41. The van der Waals surface area contributed by atoms with Crippen LogP contribution in [0.15, 0.2) is 53.9 Å². The van der Waals surface area contributed by atoms with Crippen molar-refractivity contribution >= 4 is 12.0 Å². The molecule has 2 N–H and O–H groups in total. The monoisotopic (exact) mass is 489 g/mol. The van der Waals surface area contributed by atoms with E-state index in [1.165, 1.54) is 12.8 Å². The van der Waals surface area contributed by atoms with Crippen LogP contribution in [0.5, 0.6) is 5.75 Å². The highest BCUT2D eigenvalue weighted by Gasteiger charge is 2.34. The molecule has 2 saturated carbocycles. The van der Waals surface area contributed by atoms with E-state index >= 15 is 0 Å². The number of carbonyl (C=O) groups is 2. The topological polar surface area (TPSA) is 111 Å². The molecule has 1 atom stereocenters. The molecule has 188 valence electrons. The Morgan fingerprint density at radius 1 is 1.19 bits per heavy atom. The fraction of sp³-hybridized carbons (Fsp3) is 0.407. The first-order valence-corrected chi connectivity index (χ1v) is 12.4. The van der Waals surface area contributed by atoms with Crippen LogP contribution in [0, 0.1) is 18.8 Å². The number of aromatic nitrogens is 3. The van der Waals surface area contributed by atoms with Crippen LogP contribution in [-0.2, 0) is 13.6 Å². The van der Waals surface area contributed by atoms with Crippen LogP contribution in [0.4, 0.5) is 4.79 Å². The lowest BCUT2D eigenvalue weighted by Crippen LogP contribution is -2.31. The molecular weight excluding hydrogens is 458 g/mol. The average Bonchev–Trinajstić information content (AvgIpc) is 3.77. The zero-order chi connectivity index (χ0) is 25.2. The van der Waals surface area contributed by atoms with Crippen molar-refractivity contribution in [1.82, 2.24) is 19.4 Å². The van der Waals surface area contributed by atoms with E-state index in [1.807, 2.05) is 31.2 Å². The van der Waals surface area contributed by atoms with Crippen LogP contribution in [0.2, 0.25) is 0 Å². The predicted octanol–water partition coefficient (Wildman–Crippen LogP) is 3.83. The molecule has 36 heavy (non-hydrogen) atoms. The van der Waals surface area contributed by atoms with E-state index in [0.717, 1.165) is 29.7 Å². The maximum absolute atomic E-state index is 13.5. The molecule has 2 aliphatic carbocycles. The van der Waals surface area contributed by atoms with Crippen LogP contribution >= 0.6 is 0 Å². The van der Waals surface area contributed by atoms with Gasteiger partial charge in [0.15, 0.2) is 0 Å². The Hall–Kier alpha value is -3.88. The molecule has 0 unspecified atom stereocenters. The van der Waals surface area contributed by atoms with Gasteiger partial charge in [-0.1, -0.05) is 0 Å². The smallest absolute Gasteiger partial charge is 0.434 e. The van der Waals surface area contributed by atoms with Crippen molar-refractivity contribution in [2.45, 2.75) is 45.2 Å². The van der Waals surface area contributed by atoms with E-state index in [0.29, 0.717) is 41.9 Å². The number of carbonyl (C=O) groups excluding carboxylic acids is 1. The summed E-state index contributed by atoms with van der Waals surface area (Å²) in [5, 5.41) is 12.4. The Morgan fingerprint density at radius 2 is 2.00 bits per heavy atom. The number of hydrogen-bond donors (Lipinski definition) is 2. The van der Waals surface area contributed by atoms with E-state index < -0.39 is 6.09 Å². The van der Waals surface area contributed by atoms with Crippen LogP contribution in [0.1, 0.15) is 58.9 Å². The summed E-state index contributed by atoms with van der Waals surface area (Å²) in [5.41, 5.74) is 3.62. The lowest BCUT2D eigenvalue weighted by atomic mass is 10.0. The lowest BCUT2D eigenvalue weighted by Gasteiger charge is -2.19. The first-order valence-electron chi connectivity index (χ1n) is 12.4. The number of amides is 2. The summed E-state index contributed by atoms with van der Waals surface area (Å²) in [6, 6.07) is 9.37. The van der Waals surface area contributed by atoms with Gasteiger partial charge in [-0.3, -0.25) is 9.78 Å². The number of carboxylic acid groups (broad SMARTS) is 1. The highest BCUT2D eigenvalue weighted by Crippen LogP contribution is 2.40. The van der Waals surface area contributed by atoms with Gasteiger partial charge >= 0.3 is 6.09 Å². The Bertz CT molecular complexity index is 1350. The van der Waals surface area contributed by atoms with E-state index in [2.05, 4.69) is 15.3 Å². The summed E-state index contributed by atoms with van der Waals surface area (Å²) >= 11 is 0. The van der Waals surface area contributed by atoms with Gasteiger partial charge < -0.3 is 24.3 Å². The normalized spacial score (nSPS) is 16.6. The van der Waals surface area contributed by atoms with Crippen LogP contribution in [-0.4, -0.2) is 37.8 Å². The molecule has 1 aromatic carbocycles. The number of hydrogen-bond acceptors (Lipinski definition) is 4. The van der Waals surface area contributed by atoms with Gasteiger partial charge in [-0.25, -0.2) is 4.79 Å². The van der Waals surface area contributed by atoms with Gasteiger partial charge in [0.25, 0.3) is 5.91 Å². The minimum absolute atomic E-state index is 0.138. The molecule has 2 fully saturated rings. The molecule has 0 aliphatic heterocycles. The number of nitrogens with zero attached hydrogens (tertiary/aromatic N) is 4. The van der Waals surface area contributed by atoms with Crippen molar-refractivity contribution in [3.63, 3.8) is 0 Å². The molecule has 2 amide bonds. The molecule has 9 heteroatoms. The standard InChI is InChI=1S/C27H31N5O4/c1-17-7-8-28-23(11-17)24(20-5-6-20)29-25(33)21-12-19(13-22(14-21)36-16-18-3-4-18)15-32-10-9-31(2)26(32)30-27(34)35/h7-14,18,20,24H,3-6,15-16H2,1-2H3,(H,29,33)(H,34,35)/t24-/m0/s1. The minimum atomic E-state index is -1.26. The number of aryl methyl sites for hydroxylation is 2. The second-order valence-electron chi connectivity index (χ2n) is 9.90. The molecule has 3 aromatic rings. The molecule has 2 aromatic heterocycles. The summed E-state index contributed by atoms with van der Waals surface area (Å²) < 4.78 is 9.42. The molecule has 2 heterocycles. The van der Waals surface area contributed by atoms with Crippen molar-refractivity contribution in [3.8, 4) is 5.75 Å². The molecule has 0 saturated heterocycles. The number of pyridine rings is 1. The maximum Gasteiger partial charge on any atom is 0.434 e. The van der Waals surface area contributed by atoms with Crippen molar-refractivity contribution < 1.29 is 19.4 Å². The average molecular weight is 490 g/mol. The fourth-order valence-corrected chi connectivity index (χ4v) is 4.35. The van der Waals surface area contributed by atoms with Crippen LogP contribution < -0.4 is 15.7 Å². The van der Waals surface area contributed by atoms with Crippen molar-refractivity contribution in [2.75, 3.05) is 6.61 Å². The van der Waals surface area contributed by atoms with Gasteiger partial charge in [0.05, 0.1) is 24.9 Å². The second-order valence-corrected chi connectivity index (χ2v) is 9.90. The number of rotatable bonds is 9.